The number of H-pyrrole nitrogens is 1. The van der Waals surface area contributed by atoms with Gasteiger partial charge in [0, 0.05) is 12.3 Å². The van der Waals surface area contributed by atoms with Crippen LogP contribution in [0.15, 0.2) is 6.20 Å². The van der Waals surface area contributed by atoms with Gasteiger partial charge in [-0.2, -0.15) is 5.10 Å². The van der Waals surface area contributed by atoms with Crippen molar-refractivity contribution in [2.24, 2.45) is 5.92 Å². The highest BCUT2D eigenvalue weighted by molar-refractivity contribution is 5.94. The Balaban J connectivity index is 2.37. The molecule has 1 aromatic rings. The van der Waals surface area contributed by atoms with Gasteiger partial charge in [0.25, 0.3) is 0 Å². The van der Waals surface area contributed by atoms with Gasteiger partial charge in [-0.3, -0.25) is 9.89 Å². The van der Waals surface area contributed by atoms with E-state index in [1.165, 1.54) is 0 Å². The van der Waals surface area contributed by atoms with Gasteiger partial charge >= 0.3 is 0 Å². The molecule has 1 aliphatic rings. The molecule has 0 spiro atoms. The minimum Gasteiger partial charge on any atom is -0.323 e. The van der Waals surface area contributed by atoms with Gasteiger partial charge in [0.1, 0.15) is 0 Å². The summed E-state index contributed by atoms with van der Waals surface area (Å²) in [6.07, 6.45) is 2.40. The van der Waals surface area contributed by atoms with Crippen LogP contribution in [0.4, 0.5) is 5.69 Å². The molecular weight excluding hydrogens is 142 g/mol. The first-order valence-electron chi connectivity index (χ1n) is 3.60. The fourth-order valence-corrected chi connectivity index (χ4v) is 1.23. The second-order valence-electron chi connectivity index (χ2n) is 2.86. The Morgan fingerprint density at radius 2 is 2.55 bits per heavy atom. The van der Waals surface area contributed by atoms with Crippen molar-refractivity contribution in [3.05, 3.63) is 11.9 Å². The third kappa shape index (κ3) is 0.906. The average molecular weight is 151 g/mol. The highest BCUT2D eigenvalue weighted by Crippen LogP contribution is 2.21. The summed E-state index contributed by atoms with van der Waals surface area (Å²) in [4.78, 5) is 11.1. The summed E-state index contributed by atoms with van der Waals surface area (Å²) in [5.41, 5.74) is 1.85. The smallest absolute Gasteiger partial charge is 0.227 e. The molecule has 0 saturated carbocycles. The summed E-state index contributed by atoms with van der Waals surface area (Å²) in [5, 5.41) is 9.43. The number of hydrogen-bond donors (Lipinski definition) is 2. The molecular formula is C7H9N3O. The number of nitrogens with zero attached hydrogens (tertiary/aromatic N) is 1. The Morgan fingerprint density at radius 3 is 3.36 bits per heavy atom. The normalized spacial score (nSPS) is 22.6. The van der Waals surface area contributed by atoms with E-state index in [1.54, 1.807) is 6.20 Å². The maximum atomic E-state index is 11.1. The SMILES string of the molecule is CC1Cc2[nH]ncc2NC1=O. The van der Waals surface area contributed by atoms with Gasteiger partial charge in [0.15, 0.2) is 0 Å². The first kappa shape index (κ1) is 6.39. The molecule has 1 amide bonds. The van der Waals surface area contributed by atoms with Gasteiger partial charge < -0.3 is 5.32 Å². The van der Waals surface area contributed by atoms with Crippen LogP contribution < -0.4 is 5.32 Å². The van der Waals surface area contributed by atoms with Crippen molar-refractivity contribution in [2.75, 3.05) is 5.32 Å². The van der Waals surface area contributed by atoms with Crippen LogP contribution in [0.2, 0.25) is 0 Å². The number of carbonyl (C=O) groups is 1. The maximum Gasteiger partial charge on any atom is 0.227 e. The molecule has 4 heteroatoms. The molecule has 2 rings (SSSR count). The summed E-state index contributed by atoms with van der Waals surface area (Å²) in [6, 6.07) is 0. The summed E-state index contributed by atoms with van der Waals surface area (Å²) < 4.78 is 0. The average Bonchev–Trinajstić information content (AvgIpc) is 2.36. The van der Waals surface area contributed by atoms with Crippen molar-refractivity contribution in [1.82, 2.24) is 10.2 Å². The zero-order valence-electron chi connectivity index (χ0n) is 6.22. The predicted molar refractivity (Wildman–Crippen MR) is 40.1 cm³/mol. The van der Waals surface area contributed by atoms with Crippen molar-refractivity contribution in [2.45, 2.75) is 13.3 Å². The number of aromatic amines is 1. The molecule has 1 aromatic heterocycles. The number of aromatic nitrogens is 2. The first-order valence-corrected chi connectivity index (χ1v) is 3.60. The lowest BCUT2D eigenvalue weighted by atomic mass is 10.0. The van der Waals surface area contributed by atoms with Crippen LogP contribution in [0.3, 0.4) is 0 Å². The van der Waals surface area contributed by atoms with Gasteiger partial charge in [0.05, 0.1) is 17.6 Å². The molecule has 0 radical (unpaired) electrons. The van der Waals surface area contributed by atoms with Crippen molar-refractivity contribution in [3.63, 3.8) is 0 Å². The molecule has 0 aliphatic carbocycles. The van der Waals surface area contributed by atoms with E-state index in [4.69, 9.17) is 0 Å². The molecule has 1 atom stereocenters. The van der Waals surface area contributed by atoms with Crippen LogP contribution >= 0.6 is 0 Å². The highest BCUT2D eigenvalue weighted by Gasteiger charge is 2.22. The third-order valence-electron chi connectivity index (χ3n) is 1.93. The molecule has 2 heterocycles. The monoisotopic (exact) mass is 151 g/mol. The van der Waals surface area contributed by atoms with Gasteiger partial charge in [-0.1, -0.05) is 6.92 Å². The molecule has 1 aliphatic heterocycles. The largest absolute Gasteiger partial charge is 0.323 e. The topological polar surface area (TPSA) is 57.8 Å². The van der Waals surface area contributed by atoms with Crippen LogP contribution in [0.25, 0.3) is 0 Å². The van der Waals surface area contributed by atoms with E-state index in [0.717, 1.165) is 17.8 Å². The fourth-order valence-electron chi connectivity index (χ4n) is 1.23. The van der Waals surface area contributed by atoms with Crippen LogP contribution in [0.1, 0.15) is 12.6 Å². The van der Waals surface area contributed by atoms with E-state index in [2.05, 4.69) is 15.5 Å². The number of amides is 1. The molecule has 58 valence electrons. The van der Waals surface area contributed by atoms with E-state index < -0.39 is 0 Å². The van der Waals surface area contributed by atoms with Gasteiger partial charge in [0.2, 0.25) is 5.91 Å². The van der Waals surface area contributed by atoms with Crippen LogP contribution in [-0.2, 0) is 11.2 Å². The van der Waals surface area contributed by atoms with Crippen LogP contribution in [0.5, 0.6) is 0 Å². The molecule has 0 fully saturated rings. The lowest BCUT2D eigenvalue weighted by Gasteiger charge is -2.17. The molecule has 0 saturated heterocycles. The Hall–Kier alpha value is -1.32. The van der Waals surface area contributed by atoms with Crippen molar-refractivity contribution < 1.29 is 4.79 Å². The maximum absolute atomic E-state index is 11.1. The van der Waals surface area contributed by atoms with Crippen molar-refractivity contribution in [3.8, 4) is 0 Å². The predicted octanol–water partition coefficient (Wildman–Crippen LogP) is 0.540. The van der Waals surface area contributed by atoms with E-state index in [1.807, 2.05) is 6.92 Å². The number of nitrogens with one attached hydrogen (secondary N) is 2. The second-order valence-corrected chi connectivity index (χ2v) is 2.86. The fraction of sp³-hybridized carbons (Fsp3) is 0.429. The minimum atomic E-state index is 0.0583. The lowest BCUT2D eigenvalue weighted by molar-refractivity contribution is -0.119. The highest BCUT2D eigenvalue weighted by atomic mass is 16.1. The third-order valence-corrected chi connectivity index (χ3v) is 1.93. The standard InChI is InChI=1S/C7H9N3O/c1-4-2-5-6(3-8-10-5)9-7(4)11/h3-4H,2H2,1H3,(H,8,10)(H,9,11). The Kier molecular flexibility index (Phi) is 1.21. The number of hydrogen-bond acceptors (Lipinski definition) is 2. The minimum absolute atomic E-state index is 0.0583. The van der Waals surface area contributed by atoms with Crippen molar-refractivity contribution >= 4 is 11.6 Å². The summed E-state index contributed by atoms with van der Waals surface area (Å²) in [7, 11) is 0. The van der Waals surface area contributed by atoms with E-state index >= 15 is 0 Å². The molecule has 2 N–H and O–H groups in total. The van der Waals surface area contributed by atoms with Gasteiger partial charge in [-0.25, -0.2) is 0 Å². The van der Waals surface area contributed by atoms with Gasteiger partial charge in [-0.05, 0) is 0 Å². The van der Waals surface area contributed by atoms with E-state index in [-0.39, 0.29) is 11.8 Å². The summed E-state index contributed by atoms with van der Waals surface area (Å²) in [5.74, 6) is 0.141. The first-order chi connectivity index (χ1) is 5.27. The molecule has 0 bridgehead atoms. The van der Waals surface area contributed by atoms with Crippen LogP contribution in [-0.4, -0.2) is 16.1 Å². The quantitative estimate of drug-likeness (QED) is 0.568. The van der Waals surface area contributed by atoms with E-state index in [9.17, 15) is 4.79 Å². The molecule has 0 aromatic carbocycles. The second kappa shape index (κ2) is 2.08. The zero-order valence-corrected chi connectivity index (χ0v) is 6.22. The number of anilines is 1. The molecule has 4 nitrogen and oxygen atoms in total. The van der Waals surface area contributed by atoms with Gasteiger partial charge in [-0.15, -0.1) is 0 Å². The Labute approximate surface area is 64.0 Å². The number of carbonyl (C=O) groups excluding carboxylic acids is 1. The van der Waals surface area contributed by atoms with Crippen molar-refractivity contribution in [1.29, 1.82) is 0 Å². The molecule has 11 heavy (non-hydrogen) atoms. The van der Waals surface area contributed by atoms with Crippen LogP contribution in [0, 0.1) is 5.92 Å². The number of fused-ring (bicyclic) bond motifs is 1. The van der Waals surface area contributed by atoms with E-state index in [0.29, 0.717) is 0 Å². The lowest BCUT2D eigenvalue weighted by Crippen LogP contribution is -2.27. The summed E-state index contributed by atoms with van der Waals surface area (Å²) in [6.45, 7) is 1.90. The Morgan fingerprint density at radius 1 is 1.73 bits per heavy atom. The number of rotatable bonds is 0. The summed E-state index contributed by atoms with van der Waals surface area (Å²) >= 11 is 0. The Bertz CT molecular complexity index is 292. The molecule has 1 unspecified atom stereocenters. The zero-order chi connectivity index (χ0) is 7.84.